The zero-order valence-corrected chi connectivity index (χ0v) is 15.3. The van der Waals surface area contributed by atoms with E-state index in [1.807, 2.05) is 6.08 Å². The number of ketones is 2. The summed E-state index contributed by atoms with van der Waals surface area (Å²) in [6, 6.07) is 0. The molecule has 3 saturated carbocycles. The molecule has 2 N–H and O–H groups in total. The second kappa shape index (κ2) is 5.75. The predicted molar refractivity (Wildman–Crippen MR) is 93.7 cm³/mol. The number of carbonyl (C=O) groups excluding carboxylic acids is 2. The molecular formula is C21H30O4. The van der Waals surface area contributed by atoms with Crippen LogP contribution < -0.4 is 0 Å². The molecule has 4 aliphatic rings. The largest absolute Gasteiger partial charge is 0.392 e. The molecule has 0 heterocycles. The van der Waals surface area contributed by atoms with E-state index in [4.69, 9.17) is 0 Å². The van der Waals surface area contributed by atoms with Gasteiger partial charge < -0.3 is 10.2 Å². The molecule has 0 spiro atoms. The summed E-state index contributed by atoms with van der Waals surface area (Å²) >= 11 is 0. The first kappa shape index (κ1) is 17.4. The van der Waals surface area contributed by atoms with Crippen molar-refractivity contribution in [3.05, 3.63) is 11.6 Å². The Bertz CT molecular complexity index is 638. The average molecular weight is 346 g/mol. The maximum atomic E-state index is 12.3. The fraction of sp³-hybridized carbons (Fsp3) is 0.810. The predicted octanol–water partition coefficient (Wildman–Crippen LogP) is 2.67. The van der Waals surface area contributed by atoms with Gasteiger partial charge in [-0.25, -0.2) is 0 Å². The number of hydrogen-bond donors (Lipinski definition) is 2. The molecule has 0 aromatic heterocycles. The van der Waals surface area contributed by atoms with Gasteiger partial charge in [0.1, 0.15) is 6.61 Å². The van der Waals surface area contributed by atoms with Crippen LogP contribution in [0.4, 0.5) is 0 Å². The second-order valence-electron chi connectivity index (χ2n) is 9.41. The lowest BCUT2D eigenvalue weighted by Crippen LogP contribution is -2.55. The van der Waals surface area contributed by atoms with Crippen molar-refractivity contribution in [1.82, 2.24) is 0 Å². The molecule has 0 aromatic rings. The van der Waals surface area contributed by atoms with Gasteiger partial charge in [0.2, 0.25) is 0 Å². The van der Waals surface area contributed by atoms with Crippen LogP contribution in [0.5, 0.6) is 0 Å². The van der Waals surface area contributed by atoms with Crippen LogP contribution in [0, 0.1) is 34.5 Å². The first-order valence-corrected chi connectivity index (χ1v) is 9.87. The molecule has 7 atom stereocenters. The minimum Gasteiger partial charge on any atom is -0.392 e. The van der Waals surface area contributed by atoms with Crippen molar-refractivity contribution in [3.8, 4) is 0 Å². The van der Waals surface area contributed by atoms with Gasteiger partial charge in [0.25, 0.3) is 0 Å². The van der Waals surface area contributed by atoms with E-state index >= 15 is 0 Å². The van der Waals surface area contributed by atoms with Crippen molar-refractivity contribution < 1.29 is 19.8 Å². The molecule has 4 nitrogen and oxygen atoms in total. The summed E-state index contributed by atoms with van der Waals surface area (Å²) < 4.78 is 0. The molecular weight excluding hydrogens is 316 g/mol. The summed E-state index contributed by atoms with van der Waals surface area (Å²) in [6.07, 6.45) is 7.32. The standard InChI is InChI=1S/C21H30O4/c1-20-7-5-13(23)9-12(20)10-17(24)19-15-4-3-14(18(25)11-22)21(15,2)8-6-16(19)20/h9,14-17,19,22,24H,3-8,10-11H2,1-2H3/t14-,15+,16+,17-,19+,20+,21-/m1/s1. The van der Waals surface area contributed by atoms with Gasteiger partial charge in [-0.05, 0) is 73.2 Å². The van der Waals surface area contributed by atoms with Crippen LogP contribution in [0.25, 0.3) is 0 Å². The second-order valence-corrected chi connectivity index (χ2v) is 9.41. The van der Waals surface area contributed by atoms with Crippen LogP contribution in [0.2, 0.25) is 0 Å². The zero-order chi connectivity index (χ0) is 18.0. The quantitative estimate of drug-likeness (QED) is 0.806. The van der Waals surface area contributed by atoms with Gasteiger partial charge in [0.05, 0.1) is 6.10 Å². The van der Waals surface area contributed by atoms with Crippen molar-refractivity contribution >= 4 is 11.6 Å². The van der Waals surface area contributed by atoms with Gasteiger partial charge in [0.15, 0.2) is 11.6 Å². The minimum absolute atomic E-state index is 0.0243. The molecule has 3 fully saturated rings. The van der Waals surface area contributed by atoms with Crippen LogP contribution in [0.15, 0.2) is 11.6 Å². The smallest absolute Gasteiger partial charge is 0.161 e. The van der Waals surface area contributed by atoms with E-state index in [1.54, 1.807) is 0 Å². The third-order valence-corrected chi connectivity index (χ3v) is 8.53. The maximum absolute atomic E-state index is 12.3. The highest BCUT2D eigenvalue weighted by molar-refractivity contribution is 5.91. The molecule has 25 heavy (non-hydrogen) atoms. The highest BCUT2D eigenvalue weighted by Crippen LogP contribution is 2.66. The summed E-state index contributed by atoms with van der Waals surface area (Å²) in [6.45, 7) is 4.14. The summed E-state index contributed by atoms with van der Waals surface area (Å²) in [5.74, 6) is 1.07. The minimum atomic E-state index is -0.414. The highest BCUT2D eigenvalue weighted by atomic mass is 16.3. The lowest BCUT2D eigenvalue weighted by atomic mass is 9.46. The van der Waals surface area contributed by atoms with Crippen LogP contribution in [0.1, 0.15) is 58.8 Å². The molecule has 0 saturated heterocycles. The number of fused-ring (bicyclic) bond motifs is 5. The number of hydrogen-bond acceptors (Lipinski definition) is 4. The van der Waals surface area contributed by atoms with Gasteiger partial charge in [-0.2, -0.15) is 0 Å². The lowest BCUT2D eigenvalue weighted by molar-refractivity contribution is -0.139. The Kier molecular flexibility index (Phi) is 4.01. The van der Waals surface area contributed by atoms with Gasteiger partial charge in [0, 0.05) is 12.3 Å². The summed E-state index contributed by atoms with van der Waals surface area (Å²) in [4.78, 5) is 24.2. The summed E-state index contributed by atoms with van der Waals surface area (Å²) in [5, 5.41) is 20.4. The average Bonchev–Trinajstić information content (AvgIpc) is 2.93. The van der Waals surface area contributed by atoms with E-state index in [1.165, 1.54) is 0 Å². The van der Waals surface area contributed by atoms with Crippen molar-refractivity contribution in [3.63, 3.8) is 0 Å². The van der Waals surface area contributed by atoms with E-state index in [2.05, 4.69) is 13.8 Å². The van der Waals surface area contributed by atoms with E-state index in [0.717, 1.165) is 37.7 Å². The molecule has 4 rings (SSSR count). The molecule has 0 unspecified atom stereocenters. The first-order valence-electron chi connectivity index (χ1n) is 9.87. The Morgan fingerprint density at radius 1 is 1.20 bits per heavy atom. The normalized spacial score (nSPS) is 49.0. The third-order valence-electron chi connectivity index (χ3n) is 8.53. The van der Waals surface area contributed by atoms with E-state index < -0.39 is 6.10 Å². The Hall–Kier alpha value is -1.00. The number of Topliss-reactive ketones (excluding diaryl/α,β-unsaturated/α-hetero) is 1. The van der Waals surface area contributed by atoms with Crippen molar-refractivity contribution in [1.29, 1.82) is 0 Å². The van der Waals surface area contributed by atoms with Crippen LogP contribution in [-0.4, -0.2) is 34.5 Å². The van der Waals surface area contributed by atoms with Crippen LogP contribution in [-0.2, 0) is 9.59 Å². The Morgan fingerprint density at radius 3 is 2.68 bits per heavy atom. The number of rotatable bonds is 2. The molecule has 4 aliphatic carbocycles. The van der Waals surface area contributed by atoms with E-state index in [0.29, 0.717) is 24.7 Å². The molecule has 0 aromatic carbocycles. The number of aliphatic hydroxyl groups is 2. The summed E-state index contributed by atoms with van der Waals surface area (Å²) in [7, 11) is 0. The molecule has 0 bridgehead atoms. The topological polar surface area (TPSA) is 74.6 Å². The van der Waals surface area contributed by atoms with Crippen LogP contribution >= 0.6 is 0 Å². The Labute approximate surface area is 149 Å². The van der Waals surface area contributed by atoms with Crippen molar-refractivity contribution in [2.24, 2.45) is 34.5 Å². The maximum Gasteiger partial charge on any atom is 0.161 e. The molecule has 0 radical (unpaired) electrons. The van der Waals surface area contributed by atoms with E-state index in [9.17, 15) is 19.8 Å². The van der Waals surface area contributed by atoms with Crippen molar-refractivity contribution in [2.45, 2.75) is 64.9 Å². The lowest BCUT2D eigenvalue weighted by Gasteiger charge is -2.59. The summed E-state index contributed by atoms with van der Waals surface area (Å²) in [5.41, 5.74) is 1.09. The molecule has 0 amide bonds. The van der Waals surface area contributed by atoms with Gasteiger partial charge in [-0.1, -0.05) is 19.4 Å². The Morgan fingerprint density at radius 2 is 1.96 bits per heavy atom. The first-order chi connectivity index (χ1) is 11.8. The SMILES string of the molecule is C[C@]12CC[C@H]3[C@@H]([C@H](O)CC4=CC(=O)CC[C@@]43C)[C@@H]1CC[C@@H]2C(=O)CO. The number of aliphatic hydroxyl groups excluding tert-OH is 2. The Balaban J connectivity index is 1.69. The monoisotopic (exact) mass is 346 g/mol. The van der Waals surface area contributed by atoms with Gasteiger partial charge in [-0.3, -0.25) is 9.59 Å². The van der Waals surface area contributed by atoms with Gasteiger partial charge in [-0.15, -0.1) is 0 Å². The fourth-order valence-corrected chi connectivity index (χ4v) is 7.17. The molecule has 4 heteroatoms. The third kappa shape index (κ3) is 2.33. The fourth-order valence-electron chi connectivity index (χ4n) is 7.17. The number of carbonyl (C=O) groups is 2. The van der Waals surface area contributed by atoms with Crippen molar-refractivity contribution in [2.75, 3.05) is 6.61 Å². The molecule has 138 valence electrons. The molecule has 0 aliphatic heterocycles. The zero-order valence-electron chi connectivity index (χ0n) is 15.3. The van der Waals surface area contributed by atoms with Gasteiger partial charge >= 0.3 is 0 Å². The van der Waals surface area contributed by atoms with Crippen LogP contribution in [0.3, 0.4) is 0 Å². The highest BCUT2D eigenvalue weighted by Gasteiger charge is 2.62. The van der Waals surface area contributed by atoms with E-state index in [-0.39, 0.29) is 40.8 Å².